The molecular formula is C13H16N4O3S. The van der Waals surface area contributed by atoms with Crippen molar-refractivity contribution >= 4 is 16.1 Å². The van der Waals surface area contributed by atoms with Crippen molar-refractivity contribution in [2.24, 2.45) is 0 Å². The van der Waals surface area contributed by atoms with Gasteiger partial charge in [0, 0.05) is 18.9 Å². The highest BCUT2D eigenvalue weighted by atomic mass is 32.2. The van der Waals surface area contributed by atoms with Crippen LogP contribution in [0.3, 0.4) is 0 Å². The third-order valence-corrected chi connectivity index (χ3v) is 4.09. The van der Waals surface area contributed by atoms with Gasteiger partial charge in [-0.05, 0) is 25.1 Å². The Hall–Kier alpha value is -2.35. The Labute approximate surface area is 123 Å². The maximum absolute atomic E-state index is 12.0. The van der Waals surface area contributed by atoms with Gasteiger partial charge in [-0.3, -0.25) is 4.68 Å². The van der Waals surface area contributed by atoms with Crippen molar-refractivity contribution in [2.75, 3.05) is 6.54 Å². The van der Waals surface area contributed by atoms with Gasteiger partial charge in [0.2, 0.25) is 0 Å². The Morgan fingerprint density at radius 3 is 2.62 bits per heavy atom. The van der Waals surface area contributed by atoms with Crippen molar-refractivity contribution in [3.8, 4) is 0 Å². The van der Waals surface area contributed by atoms with E-state index in [0.29, 0.717) is 6.54 Å². The van der Waals surface area contributed by atoms with Crippen LogP contribution >= 0.6 is 0 Å². The fourth-order valence-corrected chi connectivity index (χ4v) is 2.58. The number of nitrogens with zero attached hydrogens (tertiary/aromatic N) is 2. The summed E-state index contributed by atoms with van der Waals surface area (Å²) in [4.78, 5) is 11.6. The zero-order valence-electron chi connectivity index (χ0n) is 11.5. The van der Waals surface area contributed by atoms with Gasteiger partial charge < -0.3 is 5.32 Å². The number of urea groups is 1. The number of carbonyl (C=O) groups excluding carboxylic acids is 1. The first-order valence-electron chi connectivity index (χ1n) is 6.32. The molecule has 0 atom stereocenters. The van der Waals surface area contributed by atoms with Crippen molar-refractivity contribution in [3.63, 3.8) is 0 Å². The zero-order chi connectivity index (χ0) is 15.3. The Kier molecular flexibility index (Phi) is 4.59. The van der Waals surface area contributed by atoms with E-state index >= 15 is 0 Å². The molecule has 2 amide bonds. The molecule has 0 radical (unpaired) electrons. The average molecular weight is 308 g/mol. The number of amides is 2. The molecule has 0 saturated carbocycles. The minimum Gasteiger partial charge on any atom is -0.335 e. The highest BCUT2D eigenvalue weighted by molar-refractivity contribution is 7.90. The fraction of sp³-hybridized carbons (Fsp3) is 0.231. The van der Waals surface area contributed by atoms with Gasteiger partial charge in [-0.2, -0.15) is 5.10 Å². The van der Waals surface area contributed by atoms with Crippen LogP contribution in [0.5, 0.6) is 0 Å². The maximum Gasteiger partial charge on any atom is 0.328 e. The molecular weight excluding hydrogens is 292 g/mol. The molecule has 1 heterocycles. The summed E-state index contributed by atoms with van der Waals surface area (Å²) in [5.74, 6) is 0. The summed E-state index contributed by atoms with van der Waals surface area (Å²) in [6.07, 6.45) is 3.38. The van der Waals surface area contributed by atoms with Crippen LogP contribution in [0.1, 0.15) is 5.56 Å². The molecule has 0 fully saturated rings. The molecule has 1 aromatic heterocycles. The van der Waals surface area contributed by atoms with Crippen molar-refractivity contribution in [1.29, 1.82) is 0 Å². The van der Waals surface area contributed by atoms with E-state index in [1.54, 1.807) is 35.3 Å². The molecule has 0 aliphatic heterocycles. The lowest BCUT2D eigenvalue weighted by Gasteiger charge is -2.09. The lowest BCUT2D eigenvalue weighted by molar-refractivity contribution is 0.245. The van der Waals surface area contributed by atoms with Gasteiger partial charge in [0.15, 0.2) is 0 Å². The number of carbonyl (C=O) groups is 1. The Balaban J connectivity index is 1.87. The van der Waals surface area contributed by atoms with E-state index in [4.69, 9.17) is 0 Å². The molecule has 0 unspecified atom stereocenters. The summed E-state index contributed by atoms with van der Waals surface area (Å²) in [6, 6.07) is 7.25. The van der Waals surface area contributed by atoms with Gasteiger partial charge in [-0.15, -0.1) is 0 Å². The van der Waals surface area contributed by atoms with Crippen LogP contribution in [-0.2, 0) is 16.6 Å². The highest BCUT2D eigenvalue weighted by Gasteiger charge is 2.16. The first-order chi connectivity index (χ1) is 9.97. The monoisotopic (exact) mass is 308 g/mol. The SMILES string of the molecule is Cc1ccc(S(=O)(=O)NC(=O)NCCn2cccn2)cc1. The molecule has 21 heavy (non-hydrogen) atoms. The fourth-order valence-electron chi connectivity index (χ4n) is 1.65. The molecule has 0 aliphatic carbocycles. The molecule has 0 aliphatic rings. The van der Waals surface area contributed by atoms with Gasteiger partial charge in [-0.25, -0.2) is 17.9 Å². The van der Waals surface area contributed by atoms with E-state index in [1.165, 1.54) is 12.1 Å². The third kappa shape index (κ3) is 4.32. The van der Waals surface area contributed by atoms with Crippen molar-refractivity contribution in [2.45, 2.75) is 18.4 Å². The quantitative estimate of drug-likeness (QED) is 0.857. The Morgan fingerprint density at radius 1 is 1.29 bits per heavy atom. The number of hydrogen-bond donors (Lipinski definition) is 2. The minimum absolute atomic E-state index is 0.0512. The molecule has 0 spiro atoms. The molecule has 112 valence electrons. The van der Waals surface area contributed by atoms with Crippen LogP contribution < -0.4 is 10.0 Å². The first-order valence-corrected chi connectivity index (χ1v) is 7.80. The number of aromatic nitrogens is 2. The van der Waals surface area contributed by atoms with E-state index in [2.05, 4.69) is 10.4 Å². The minimum atomic E-state index is -3.84. The lowest BCUT2D eigenvalue weighted by Crippen LogP contribution is -2.40. The molecule has 2 rings (SSSR count). The number of nitrogens with one attached hydrogen (secondary N) is 2. The van der Waals surface area contributed by atoms with Crippen molar-refractivity contribution < 1.29 is 13.2 Å². The van der Waals surface area contributed by atoms with Crippen LogP contribution in [0.2, 0.25) is 0 Å². The predicted octanol–water partition coefficient (Wildman–Crippen LogP) is 0.880. The summed E-state index contributed by atoms with van der Waals surface area (Å²) in [5.41, 5.74) is 0.942. The Morgan fingerprint density at radius 2 is 2.00 bits per heavy atom. The summed E-state index contributed by atoms with van der Waals surface area (Å²) >= 11 is 0. The van der Waals surface area contributed by atoms with E-state index in [0.717, 1.165) is 5.56 Å². The van der Waals surface area contributed by atoms with Gasteiger partial charge in [-0.1, -0.05) is 17.7 Å². The number of sulfonamides is 1. The topological polar surface area (TPSA) is 93.1 Å². The highest BCUT2D eigenvalue weighted by Crippen LogP contribution is 2.09. The molecule has 2 N–H and O–H groups in total. The summed E-state index contributed by atoms with van der Waals surface area (Å²) < 4.78 is 27.5. The smallest absolute Gasteiger partial charge is 0.328 e. The van der Waals surface area contributed by atoms with Crippen molar-refractivity contribution in [1.82, 2.24) is 19.8 Å². The molecule has 8 heteroatoms. The zero-order valence-corrected chi connectivity index (χ0v) is 12.3. The number of aryl methyl sites for hydroxylation is 1. The van der Waals surface area contributed by atoms with Gasteiger partial charge in [0.25, 0.3) is 10.0 Å². The Bertz CT molecular complexity index is 694. The second kappa shape index (κ2) is 6.40. The van der Waals surface area contributed by atoms with E-state index in [-0.39, 0.29) is 11.4 Å². The first kappa shape index (κ1) is 15.0. The van der Waals surface area contributed by atoms with E-state index in [1.807, 2.05) is 11.6 Å². The summed E-state index contributed by atoms with van der Waals surface area (Å²) in [6.45, 7) is 2.59. The molecule has 0 saturated heterocycles. The van der Waals surface area contributed by atoms with Crippen LogP contribution in [0, 0.1) is 6.92 Å². The van der Waals surface area contributed by atoms with Gasteiger partial charge in [0.1, 0.15) is 0 Å². The summed E-state index contributed by atoms with van der Waals surface area (Å²) in [7, 11) is -3.84. The number of rotatable bonds is 5. The van der Waals surface area contributed by atoms with Crippen LogP contribution in [0.4, 0.5) is 4.79 Å². The van der Waals surface area contributed by atoms with Crippen LogP contribution in [0.25, 0.3) is 0 Å². The number of hydrogen-bond acceptors (Lipinski definition) is 4. The lowest BCUT2D eigenvalue weighted by atomic mass is 10.2. The van der Waals surface area contributed by atoms with Gasteiger partial charge in [0.05, 0.1) is 11.4 Å². The van der Waals surface area contributed by atoms with Crippen LogP contribution in [0.15, 0.2) is 47.6 Å². The third-order valence-electron chi connectivity index (χ3n) is 2.74. The average Bonchev–Trinajstić information content (AvgIpc) is 2.92. The second-order valence-corrected chi connectivity index (χ2v) is 6.13. The van der Waals surface area contributed by atoms with Crippen molar-refractivity contribution in [3.05, 3.63) is 48.3 Å². The van der Waals surface area contributed by atoms with Crippen LogP contribution in [-0.4, -0.2) is 30.8 Å². The van der Waals surface area contributed by atoms with E-state index < -0.39 is 16.1 Å². The van der Waals surface area contributed by atoms with Gasteiger partial charge >= 0.3 is 6.03 Å². The predicted molar refractivity (Wildman–Crippen MR) is 77.1 cm³/mol. The summed E-state index contributed by atoms with van der Waals surface area (Å²) in [5, 5.41) is 6.44. The molecule has 1 aromatic carbocycles. The molecule has 7 nitrogen and oxygen atoms in total. The molecule has 0 bridgehead atoms. The number of benzene rings is 1. The molecule has 2 aromatic rings. The second-order valence-electron chi connectivity index (χ2n) is 4.44. The van der Waals surface area contributed by atoms with E-state index in [9.17, 15) is 13.2 Å². The largest absolute Gasteiger partial charge is 0.335 e. The maximum atomic E-state index is 12.0. The normalized spacial score (nSPS) is 11.1. The standard InChI is InChI=1S/C13H16N4O3S/c1-11-3-5-12(6-4-11)21(19,20)16-13(18)14-8-10-17-9-2-7-15-17/h2-7,9H,8,10H2,1H3,(H2,14,16,18).